The van der Waals surface area contributed by atoms with Crippen LogP contribution in [-0.2, 0) is 14.3 Å². The number of hydrogen-bond acceptors (Lipinski definition) is 4. The molecule has 4 nitrogen and oxygen atoms in total. The van der Waals surface area contributed by atoms with E-state index in [2.05, 4.69) is 0 Å². The van der Waals surface area contributed by atoms with Crippen LogP contribution in [0, 0.1) is 11.8 Å². The van der Waals surface area contributed by atoms with E-state index in [0.717, 1.165) is 11.1 Å². The lowest BCUT2D eigenvalue weighted by Gasteiger charge is -2.39. The summed E-state index contributed by atoms with van der Waals surface area (Å²) in [6.07, 6.45) is 3.78. The molecule has 4 heteroatoms. The van der Waals surface area contributed by atoms with Crippen molar-refractivity contribution < 1.29 is 19.4 Å². The van der Waals surface area contributed by atoms with Gasteiger partial charge in [-0.25, -0.2) is 0 Å². The van der Waals surface area contributed by atoms with Gasteiger partial charge in [0.1, 0.15) is 0 Å². The minimum absolute atomic E-state index is 0.364. The Morgan fingerprint density at radius 2 is 1.24 bits per heavy atom. The SMILES string of the molecule is COC(=O)C1C(c2ccccc2)C=CC(c2ccccc2)C1C(=O)[O-]. The van der Waals surface area contributed by atoms with Crippen LogP contribution in [0.5, 0.6) is 0 Å². The molecular weight excluding hydrogens is 316 g/mol. The van der Waals surface area contributed by atoms with Gasteiger partial charge in [0, 0.05) is 23.7 Å². The third-order valence-corrected chi connectivity index (χ3v) is 4.80. The number of carbonyl (C=O) groups excluding carboxylic acids is 2. The smallest absolute Gasteiger partial charge is 0.310 e. The minimum atomic E-state index is -1.24. The van der Waals surface area contributed by atoms with E-state index in [1.165, 1.54) is 7.11 Å². The topological polar surface area (TPSA) is 66.4 Å². The Balaban J connectivity index is 2.10. The summed E-state index contributed by atoms with van der Waals surface area (Å²) in [5, 5.41) is 12.0. The third kappa shape index (κ3) is 3.33. The number of esters is 1. The maximum absolute atomic E-state index is 12.5. The average Bonchev–Trinajstić information content (AvgIpc) is 2.67. The number of carbonyl (C=O) groups is 2. The second-order valence-electron chi connectivity index (χ2n) is 6.15. The van der Waals surface area contributed by atoms with Crippen molar-refractivity contribution in [3.8, 4) is 0 Å². The lowest BCUT2D eigenvalue weighted by Crippen LogP contribution is -2.46. The molecule has 4 unspecified atom stereocenters. The molecule has 0 radical (unpaired) electrons. The first kappa shape index (κ1) is 17.0. The van der Waals surface area contributed by atoms with Crippen LogP contribution in [0.15, 0.2) is 72.8 Å². The first-order valence-electron chi connectivity index (χ1n) is 8.20. The van der Waals surface area contributed by atoms with E-state index in [4.69, 9.17) is 4.74 Å². The van der Waals surface area contributed by atoms with E-state index < -0.39 is 29.7 Å². The highest BCUT2D eigenvalue weighted by Gasteiger charge is 2.43. The summed E-state index contributed by atoms with van der Waals surface area (Å²) in [6.45, 7) is 0. The normalized spacial score (nSPS) is 25.3. The fourth-order valence-electron chi connectivity index (χ4n) is 3.64. The molecule has 0 N–H and O–H groups in total. The van der Waals surface area contributed by atoms with Crippen molar-refractivity contribution in [2.45, 2.75) is 11.8 Å². The molecule has 0 aromatic heterocycles. The number of aliphatic carboxylic acids is 1. The number of allylic oxidation sites excluding steroid dienone is 2. The second kappa shape index (κ2) is 7.34. The van der Waals surface area contributed by atoms with Gasteiger partial charge in [0.05, 0.1) is 13.0 Å². The first-order valence-corrected chi connectivity index (χ1v) is 8.20. The van der Waals surface area contributed by atoms with Crippen molar-refractivity contribution >= 4 is 11.9 Å². The molecule has 0 saturated heterocycles. The van der Waals surface area contributed by atoms with E-state index in [1.807, 2.05) is 72.8 Å². The first-order chi connectivity index (χ1) is 12.1. The van der Waals surface area contributed by atoms with Gasteiger partial charge in [0.25, 0.3) is 0 Å². The summed E-state index contributed by atoms with van der Waals surface area (Å²) >= 11 is 0. The van der Waals surface area contributed by atoms with Crippen LogP contribution >= 0.6 is 0 Å². The number of rotatable bonds is 4. The van der Waals surface area contributed by atoms with Crippen LogP contribution in [0.3, 0.4) is 0 Å². The molecule has 25 heavy (non-hydrogen) atoms. The van der Waals surface area contributed by atoms with Gasteiger partial charge in [-0.2, -0.15) is 0 Å². The number of methoxy groups -OCH3 is 1. The summed E-state index contributed by atoms with van der Waals surface area (Å²) in [6, 6.07) is 18.7. The number of benzene rings is 2. The van der Waals surface area contributed by atoms with Gasteiger partial charge in [-0.05, 0) is 11.1 Å². The Kier molecular flexibility index (Phi) is 4.98. The molecule has 1 aliphatic carbocycles. The van der Waals surface area contributed by atoms with Crippen molar-refractivity contribution in [1.82, 2.24) is 0 Å². The Morgan fingerprint density at radius 3 is 1.64 bits per heavy atom. The molecule has 0 fully saturated rings. The van der Waals surface area contributed by atoms with E-state index in [0.29, 0.717) is 0 Å². The van der Waals surface area contributed by atoms with E-state index in [1.54, 1.807) is 0 Å². The van der Waals surface area contributed by atoms with Crippen LogP contribution in [0.2, 0.25) is 0 Å². The Labute approximate surface area is 146 Å². The van der Waals surface area contributed by atoms with Crippen LogP contribution in [0.1, 0.15) is 23.0 Å². The van der Waals surface area contributed by atoms with Gasteiger partial charge in [0.15, 0.2) is 0 Å². The fourth-order valence-corrected chi connectivity index (χ4v) is 3.64. The quantitative estimate of drug-likeness (QED) is 0.635. The number of carboxylic acid groups (broad SMARTS) is 1. The van der Waals surface area contributed by atoms with Crippen molar-refractivity contribution in [3.05, 3.63) is 83.9 Å². The molecule has 2 aromatic carbocycles. The summed E-state index contributed by atoms with van der Waals surface area (Å²) in [7, 11) is 1.28. The third-order valence-electron chi connectivity index (χ3n) is 4.80. The highest BCUT2D eigenvalue weighted by molar-refractivity contribution is 5.83. The molecule has 2 aromatic rings. The van der Waals surface area contributed by atoms with Gasteiger partial charge in [-0.15, -0.1) is 0 Å². The molecule has 0 spiro atoms. The number of carboxylic acids is 1. The van der Waals surface area contributed by atoms with Crippen molar-refractivity contribution in [3.63, 3.8) is 0 Å². The van der Waals surface area contributed by atoms with Gasteiger partial charge in [0.2, 0.25) is 0 Å². The van der Waals surface area contributed by atoms with E-state index in [-0.39, 0.29) is 5.92 Å². The van der Waals surface area contributed by atoms with Gasteiger partial charge in [-0.3, -0.25) is 4.79 Å². The van der Waals surface area contributed by atoms with Gasteiger partial charge in [-0.1, -0.05) is 72.8 Å². The minimum Gasteiger partial charge on any atom is -0.550 e. The molecule has 0 heterocycles. The fraction of sp³-hybridized carbons (Fsp3) is 0.238. The predicted molar refractivity (Wildman–Crippen MR) is 91.5 cm³/mol. The zero-order valence-corrected chi connectivity index (χ0v) is 13.9. The largest absolute Gasteiger partial charge is 0.550 e. The molecule has 0 aliphatic heterocycles. The molecular formula is C21H19O4-. The van der Waals surface area contributed by atoms with Gasteiger partial charge < -0.3 is 14.6 Å². The summed E-state index contributed by atoms with van der Waals surface area (Å²) < 4.78 is 4.94. The van der Waals surface area contributed by atoms with Gasteiger partial charge >= 0.3 is 5.97 Å². The lowest BCUT2D eigenvalue weighted by molar-refractivity contribution is -0.314. The maximum Gasteiger partial charge on any atom is 0.310 e. The Morgan fingerprint density at radius 1 is 0.800 bits per heavy atom. The molecule has 128 valence electrons. The molecule has 0 bridgehead atoms. The summed E-state index contributed by atoms with van der Waals surface area (Å²) in [4.78, 5) is 24.5. The van der Waals surface area contributed by atoms with Crippen molar-refractivity contribution in [2.75, 3.05) is 7.11 Å². The predicted octanol–water partition coefficient (Wildman–Crippen LogP) is 2.28. The molecule has 3 rings (SSSR count). The highest BCUT2D eigenvalue weighted by atomic mass is 16.5. The standard InChI is InChI=1S/C21H20O4/c1-25-21(24)19-17(15-10-6-3-7-11-15)13-12-16(18(19)20(22)23)14-8-4-2-5-9-14/h2-13,16-19H,1H3,(H,22,23)/p-1. The zero-order valence-electron chi connectivity index (χ0n) is 13.9. The van der Waals surface area contributed by atoms with E-state index >= 15 is 0 Å². The highest BCUT2D eigenvalue weighted by Crippen LogP contribution is 2.44. The lowest BCUT2D eigenvalue weighted by atomic mass is 9.66. The van der Waals surface area contributed by atoms with Crippen LogP contribution < -0.4 is 5.11 Å². The molecule has 1 aliphatic rings. The molecule has 4 atom stereocenters. The van der Waals surface area contributed by atoms with E-state index in [9.17, 15) is 14.7 Å². The zero-order chi connectivity index (χ0) is 17.8. The number of ether oxygens (including phenoxy) is 1. The molecule has 0 amide bonds. The summed E-state index contributed by atoms with van der Waals surface area (Å²) in [5.41, 5.74) is 1.72. The number of hydrogen-bond donors (Lipinski definition) is 0. The average molecular weight is 335 g/mol. The second-order valence-corrected chi connectivity index (χ2v) is 6.15. The maximum atomic E-state index is 12.5. The monoisotopic (exact) mass is 335 g/mol. The Bertz CT molecular complexity index is 767. The van der Waals surface area contributed by atoms with Crippen molar-refractivity contribution in [1.29, 1.82) is 0 Å². The van der Waals surface area contributed by atoms with Crippen molar-refractivity contribution in [2.24, 2.45) is 11.8 Å². The Hall–Kier alpha value is -2.88. The molecule has 0 saturated carbocycles. The van der Waals surface area contributed by atoms with Crippen LogP contribution in [-0.4, -0.2) is 19.0 Å². The van der Waals surface area contributed by atoms with Crippen LogP contribution in [0.25, 0.3) is 0 Å². The van der Waals surface area contributed by atoms with Crippen LogP contribution in [0.4, 0.5) is 0 Å². The summed E-state index contributed by atoms with van der Waals surface area (Å²) in [5.74, 6) is -4.41.